The van der Waals surface area contributed by atoms with E-state index in [-0.39, 0.29) is 0 Å². The fourth-order valence-corrected chi connectivity index (χ4v) is 11.1. The molecule has 128 valence electrons. The molecule has 0 aromatic heterocycles. The second kappa shape index (κ2) is 13.0. The maximum Gasteiger partial charge on any atom is 0.485 e. The van der Waals surface area contributed by atoms with Crippen molar-refractivity contribution in [1.82, 2.24) is 0 Å². The first-order valence-electron chi connectivity index (χ1n) is 7.45. The van der Waals surface area contributed by atoms with E-state index in [1.54, 1.807) is 13.3 Å². The summed E-state index contributed by atoms with van der Waals surface area (Å²) in [5, 5.41) is 0. The summed E-state index contributed by atoms with van der Waals surface area (Å²) in [4.78, 5) is 0. The Hall–Kier alpha value is 0.499. The van der Waals surface area contributed by atoms with Gasteiger partial charge in [-0.05, 0) is 0 Å². The minimum Gasteiger partial charge on any atom is -0.741 e. The molecular formula is C13H27F3O3SSn. The van der Waals surface area contributed by atoms with Crippen molar-refractivity contribution in [3.8, 4) is 0 Å². The third kappa shape index (κ3) is 15.2. The molecule has 0 fully saturated rings. The Morgan fingerprint density at radius 3 is 1.24 bits per heavy atom. The zero-order valence-corrected chi connectivity index (χ0v) is 16.8. The number of unbranched alkanes of at least 4 members (excludes halogenated alkanes) is 3. The monoisotopic (exact) mass is 440 g/mol. The smallest absolute Gasteiger partial charge is 0.485 e. The first-order valence-corrected chi connectivity index (χ1v) is 14.9. The number of hydrogen-bond donors (Lipinski definition) is 0. The molecule has 8 heteroatoms. The van der Waals surface area contributed by atoms with Crippen LogP contribution in [0.5, 0.6) is 0 Å². The molecule has 0 aliphatic heterocycles. The van der Waals surface area contributed by atoms with Gasteiger partial charge in [-0.1, -0.05) is 0 Å². The van der Waals surface area contributed by atoms with Gasteiger partial charge in [-0.15, -0.1) is 0 Å². The summed E-state index contributed by atoms with van der Waals surface area (Å²) in [6.07, 6.45) is 8.85. The van der Waals surface area contributed by atoms with E-state index in [4.69, 9.17) is 13.0 Å². The molecule has 0 atom stereocenters. The second-order valence-electron chi connectivity index (χ2n) is 4.96. The number of alkyl halides is 3. The van der Waals surface area contributed by atoms with Crippen LogP contribution in [0.3, 0.4) is 0 Å². The largest absolute Gasteiger partial charge is 0.741 e. The van der Waals surface area contributed by atoms with Crippen LogP contribution in [0.4, 0.5) is 13.2 Å². The van der Waals surface area contributed by atoms with E-state index < -0.39 is 35.4 Å². The van der Waals surface area contributed by atoms with Crippen molar-refractivity contribution >= 4 is 29.9 Å². The maximum atomic E-state index is 10.7. The molecule has 3 nitrogen and oxygen atoms in total. The van der Waals surface area contributed by atoms with Crippen LogP contribution in [0.1, 0.15) is 59.3 Å². The number of hydrogen-bond acceptors (Lipinski definition) is 3. The minimum atomic E-state index is -6.09. The summed E-state index contributed by atoms with van der Waals surface area (Å²) in [6, 6.07) is 0. The van der Waals surface area contributed by atoms with Crippen LogP contribution in [0.2, 0.25) is 13.3 Å². The van der Waals surface area contributed by atoms with Gasteiger partial charge in [0.15, 0.2) is 10.1 Å². The standard InChI is InChI=1S/3C4H9.CHF3O3S.Sn/c3*1-3-4-2;2-1(3,4)8(5,6)7;/h3*1,3-4H2,2H3;(H,5,6,7);/q;;;;+1/p-1. The van der Waals surface area contributed by atoms with Gasteiger partial charge in [0.2, 0.25) is 0 Å². The van der Waals surface area contributed by atoms with Crippen molar-refractivity contribution in [3.63, 3.8) is 0 Å². The van der Waals surface area contributed by atoms with Gasteiger partial charge < -0.3 is 4.55 Å². The Balaban J connectivity index is 0. The van der Waals surface area contributed by atoms with Crippen LogP contribution >= 0.6 is 0 Å². The van der Waals surface area contributed by atoms with E-state index in [0.717, 1.165) is 0 Å². The molecule has 0 rings (SSSR count). The average Bonchev–Trinajstić information content (AvgIpc) is 2.36. The molecule has 21 heavy (non-hydrogen) atoms. The van der Waals surface area contributed by atoms with Gasteiger partial charge in [0.05, 0.1) is 0 Å². The van der Waals surface area contributed by atoms with Gasteiger partial charge >= 0.3 is 97.9 Å². The second-order valence-corrected chi connectivity index (χ2v) is 14.9. The van der Waals surface area contributed by atoms with E-state index in [2.05, 4.69) is 20.8 Å². The summed E-state index contributed by atoms with van der Waals surface area (Å²) in [7, 11) is -6.09. The van der Waals surface area contributed by atoms with E-state index >= 15 is 0 Å². The van der Waals surface area contributed by atoms with Crippen molar-refractivity contribution in [2.75, 3.05) is 0 Å². The minimum absolute atomic E-state index is 0.839. The summed E-state index contributed by atoms with van der Waals surface area (Å²) in [5.41, 5.74) is -5.65. The molecule has 0 N–H and O–H groups in total. The normalized spacial score (nSPS) is 11.8. The summed E-state index contributed by atoms with van der Waals surface area (Å²) in [6.45, 7) is 7.00. The van der Waals surface area contributed by atoms with Crippen LogP contribution in [-0.4, -0.2) is 38.2 Å². The fraction of sp³-hybridized carbons (Fsp3) is 1.00. The molecule has 0 aromatic carbocycles. The van der Waals surface area contributed by atoms with Crippen molar-refractivity contribution < 1.29 is 26.1 Å². The third-order valence-corrected chi connectivity index (χ3v) is 12.6. The van der Waals surface area contributed by atoms with E-state index in [9.17, 15) is 13.2 Å². The predicted octanol–water partition coefficient (Wildman–Crippen LogP) is 4.93. The van der Waals surface area contributed by atoms with Gasteiger partial charge in [-0.2, -0.15) is 13.2 Å². The zero-order valence-electron chi connectivity index (χ0n) is 13.1. The molecule has 0 amide bonds. The van der Waals surface area contributed by atoms with E-state index in [0.29, 0.717) is 0 Å². The van der Waals surface area contributed by atoms with Crippen molar-refractivity contribution in [2.24, 2.45) is 0 Å². The first kappa shape index (κ1) is 23.8. The summed E-state index contributed by atoms with van der Waals surface area (Å²) in [5.74, 6) is 0. The Bertz CT molecular complexity index is 313. The Morgan fingerprint density at radius 1 is 0.857 bits per heavy atom. The topological polar surface area (TPSA) is 57.2 Å². The third-order valence-electron chi connectivity index (χ3n) is 2.94. The molecular weight excluding hydrogens is 412 g/mol. The number of rotatable bonds is 9. The average molecular weight is 439 g/mol. The molecule has 0 saturated carbocycles. The van der Waals surface area contributed by atoms with E-state index in [1.165, 1.54) is 38.5 Å². The van der Waals surface area contributed by atoms with Crippen LogP contribution in [-0.2, 0) is 10.1 Å². The Morgan fingerprint density at radius 2 is 1.10 bits per heavy atom. The van der Waals surface area contributed by atoms with Crippen molar-refractivity contribution in [3.05, 3.63) is 0 Å². The van der Waals surface area contributed by atoms with E-state index in [1.807, 2.05) is 0 Å². The number of halogens is 3. The SMILES string of the molecule is CCC[CH2][Sn+]([CH2]CCC)[CH2]CCC.O=S(=O)([O-])C(F)(F)F. The van der Waals surface area contributed by atoms with Crippen molar-refractivity contribution in [1.29, 1.82) is 0 Å². The van der Waals surface area contributed by atoms with Gasteiger partial charge in [-0.25, -0.2) is 8.42 Å². The predicted molar refractivity (Wildman–Crippen MR) is 80.7 cm³/mol. The first-order chi connectivity index (χ1) is 9.60. The molecule has 0 saturated heterocycles. The van der Waals surface area contributed by atoms with Crippen LogP contribution in [0.25, 0.3) is 0 Å². The van der Waals surface area contributed by atoms with Gasteiger partial charge in [-0.3, -0.25) is 0 Å². The molecule has 0 bridgehead atoms. The molecule has 0 heterocycles. The Labute approximate surface area is 134 Å². The van der Waals surface area contributed by atoms with Gasteiger partial charge in [0.1, 0.15) is 0 Å². The molecule has 0 radical (unpaired) electrons. The summed E-state index contributed by atoms with van der Waals surface area (Å²) >= 11 is -0.839. The summed E-state index contributed by atoms with van der Waals surface area (Å²) < 4.78 is 63.9. The Kier molecular flexibility index (Phi) is 14.7. The maximum absolute atomic E-state index is 10.7. The van der Waals surface area contributed by atoms with Gasteiger partial charge in [0.25, 0.3) is 0 Å². The molecule has 0 spiro atoms. The fourth-order valence-electron chi connectivity index (χ4n) is 1.66. The van der Waals surface area contributed by atoms with Gasteiger partial charge in [0, 0.05) is 0 Å². The molecule has 0 aliphatic carbocycles. The quantitative estimate of drug-likeness (QED) is 0.291. The molecule has 0 aliphatic rings. The van der Waals surface area contributed by atoms with Crippen molar-refractivity contribution in [2.45, 2.75) is 78.1 Å². The van der Waals surface area contributed by atoms with Crippen LogP contribution in [0.15, 0.2) is 0 Å². The zero-order chi connectivity index (χ0) is 16.9. The molecule has 0 aromatic rings. The van der Waals surface area contributed by atoms with Crippen LogP contribution in [0, 0.1) is 0 Å². The molecule has 0 unspecified atom stereocenters. The van der Waals surface area contributed by atoms with Crippen LogP contribution < -0.4 is 0 Å².